The minimum Gasteiger partial charge on any atom is -0.330 e. The van der Waals surface area contributed by atoms with Gasteiger partial charge in [0, 0.05) is 5.41 Å². The molecule has 1 fully saturated rings. The highest BCUT2D eigenvalue weighted by Gasteiger charge is 2.42. The molecule has 1 unspecified atom stereocenters. The third-order valence-electron chi connectivity index (χ3n) is 4.71. The van der Waals surface area contributed by atoms with Crippen LogP contribution in [-0.4, -0.2) is 29.2 Å². The monoisotopic (exact) mass is 293 g/mol. The molecule has 0 aromatic heterocycles. The predicted molar refractivity (Wildman–Crippen MR) is 87.0 cm³/mol. The first-order chi connectivity index (χ1) is 9.95. The number of rotatable bonds is 4. The van der Waals surface area contributed by atoms with Crippen molar-refractivity contribution in [2.45, 2.75) is 78.2 Å². The summed E-state index contributed by atoms with van der Waals surface area (Å²) in [6.07, 6.45) is 8.99. The van der Waals surface area contributed by atoms with E-state index in [4.69, 9.17) is 10.8 Å². The molecule has 2 N–H and O–H groups in total. The zero-order valence-corrected chi connectivity index (χ0v) is 13.9. The summed E-state index contributed by atoms with van der Waals surface area (Å²) < 4.78 is 0. The molecule has 1 heterocycles. The van der Waals surface area contributed by atoms with Gasteiger partial charge in [-0.3, -0.25) is 4.79 Å². The number of amides is 1. The standard InChI is InChI=1S/C17H31N3O/c1-17(2,3)15-14(11-8-12-18)16(21)20(19-15)13-9-6-4-5-7-10-13/h13-14H,4-12,18H2,1-3H3. The summed E-state index contributed by atoms with van der Waals surface area (Å²) in [6.45, 7) is 7.12. The number of nitrogens with two attached hydrogens (primary N) is 1. The zero-order valence-electron chi connectivity index (χ0n) is 13.9. The van der Waals surface area contributed by atoms with E-state index in [1.165, 1.54) is 25.7 Å². The molecule has 0 saturated heterocycles. The first-order valence-electron chi connectivity index (χ1n) is 8.57. The molecule has 0 spiro atoms. The molecule has 0 aromatic rings. The van der Waals surface area contributed by atoms with Gasteiger partial charge in [0.15, 0.2) is 0 Å². The lowest BCUT2D eigenvalue weighted by Gasteiger charge is -2.24. The fourth-order valence-corrected chi connectivity index (χ4v) is 3.53. The molecule has 4 nitrogen and oxygen atoms in total. The highest BCUT2D eigenvalue weighted by molar-refractivity contribution is 6.10. The van der Waals surface area contributed by atoms with Gasteiger partial charge in [-0.05, 0) is 32.2 Å². The van der Waals surface area contributed by atoms with Crippen LogP contribution < -0.4 is 5.73 Å². The van der Waals surface area contributed by atoms with E-state index in [1.54, 1.807) is 0 Å². The van der Waals surface area contributed by atoms with Gasteiger partial charge in [0.1, 0.15) is 0 Å². The molecular formula is C17H31N3O. The van der Waals surface area contributed by atoms with Crippen molar-refractivity contribution in [3.8, 4) is 0 Å². The van der Waals surface area contributed by atoms with Gasteiger partial charge in [0.2, 0.25) is 0 Å². The Kier molecular flexibility index (Phi) is 5.42. The molecule has 120 valence electrons. The molecule has 1 aliphatic carbocycles. The van der Waals surface area contributed by atoms with Crippen molar-refractivity contribution < 1.29 is 4.79 Å². The van der Waals surface area contributed by atoms with E-state index in [-0.39, 0.29) is 17.2 Å². The van der Waals surface area contributed by atoms with Crippen molar-refractivity contribution >= 4 is 11.6 Å². The third-order valence-corrected chi connectivity index (χ3v) is 4.71. The number of hydrogen-bond donors (Lipinski definition) is 1. The van der Waals surface area contributed by atoms with Crippen LogP contribution in [0.1, 0.15) is 72.1 Å². The highest BCUT2D eigenvalue weighted by atomic mass is 16.2. The van der Waals surface area contributed by atoms with Gasteiger partial charge >= 0.3 is 0 Å². The average molecular weight is 293 g/mol. The van der Waals surface area contributed by atoms with Crippen LogP contribution in [-0.2, 0) is 4.79 Å². The molecule has 1 atom stereocenters. The number of hydrogen-bond acceptors (Lipinski definition) is 3. The summed E-state index contributed by atoms with van der Waals surface area (Å²) in [5.41, 5.74) is 6.65. The van der Waals surface area contributed by atoms with Crippen LogP contribution in [0.2, 0.25) is 0 Å². The first-order valence-corrected chi connectivity index (χ1v) is 8.57. The molecule has 0 radical (unpaired) electrons. The number of carbonyl (C=O) groups is 1. The lowest BCUT2D eigenvalue weighted by molar-refractivity contribution is -0.134. The van der Waals surface area contributed by atoms with E-state index >= 15 is 0 Å². The van der Waals surface area contributed by atoms with E-state index in [9.17, 15) is 4.79 Å². The second kappa shape index (κ2) is 6.91. The Morgan fingerprint density at radius 3 is 2.33 bits per heavy atom. The molecule has 0 aromatic carbocycles. The Balaban J connectivity index is 2.18. The van der Waals surface area contributed by atoms with Crippen LogP contribution >= 0.6 is 0 Å². The maximum Gasteiger partial charge on any atom is 0.251 e. The lowest BCUT2D eigenvalue weighted by atomic mass is 9.80. The van der Waals surface area contributed by atoms with Gasteiger partial charge in [-0.15, -0.1) is 0 Å². The highest BCUT2D eigenvalue weighted by Crippen LogP contribution is 2.34. The van der Waals surface area contributed by atoms with Crippen LogP contribution in [0.25, 0.3) is 0 Å². The first kappa shape index (κ1) is 16.5. The molecular weight excluding hydrogens is 262 g/mol. The van der Waals surface area contributed by atoms with Crippen molar-refractivity contribution in [2.24, 2.45) is 22.2 Å². The molecule has 1 saturated carbocycles. The smallest absolute Gasteiger partial charge is 0.251 e. The summed E-state index contributed by atoms with van der Waals surface area (Å²) in [5, 5.41) is 6.64. The third kappa shape index (κ3) is 3.85. The maximum atomic E-state index is 12.9. The van der Waals surface area contributed by atoms with Gasteiger partial charge in [-0.1, -0.05) is 46.5 Å². The Labute approximate surface area is 129 Å². The van der Waals surface area contributed by atoms with Crippen LogP contribution in [0.15, 0.2) is 5.10 Å². The number of hydrazone groups is 1. The summed E-state index contributed by atoms with van der Waals surface area (Å²) in [7, 11) is 0. The second-order valence-electron chi connectivity index (χ2n) is 7.55. The van der Waals surface area contributed by atoms with Crippen LogP contribution in [0.5, 0.6) is 0 Å². The summed E-state index contributed by atoms with van der Waals surface area (Å²) in [6, 6.07) is 0.320. The Morgan fingerprint density at radius 2 is 1.81 bits per heavy atom. The maximum absolute atomic E-state index is 12.9. The quantitative estimate of drug-likeness (QED) is 0.808. The largest absolute Gasteiger partial charge is 0.330 e. The number of nitrogens with zero attached hydrogens (tertiary/aromatic N) is 2. The molecule has 21 heavy (non-hydrogen) atoms. The number of carbonyl (C=O) groups excluding carboxylic acids is 1. The van der Waals surface area contributed by atoms with Gasteiger partial charge in [0.05, 0.1) is 17.7 Å². The predicted octanol–water partition coefficient (Wildman–Crippen LogP) is 3.31. The summed E-state index contributed by atoms with van der Waals surface area (Å²) >= 11 is 0. The molecule has 2 aliphatic rings. The summed E-state index contributed by atoms with van der Waals surface area (Å²) in [5.74, 6) is 0.178. The molecule has 0 bridgehead atoms. The molecule has 4 heteroatoms. The molecule has 1 amide bonds. The molecule has 1 aliphatic heterocycles. The lowest BCUT2D eigenvalue weighted by Crippen LogP contribution is -2.37. The van der Waals surface area contributed by atoms with Gasteiger partial charge in [-0.2, -0.15) is 5.10 Å². The van der Waals surface area contributed by atoms with Crippen molar-refractivity contribution in [3.05, 3.63) is 0 Å². The fourth-order valence-electron chi connectivity index (χ4n) is 3.53. The van der Waals surface area contributed by atoms with E-state index in [0.717, 1.165) is 31.4 Å². The van der Waals surface area contributed by atoms with E-state index in [0.29, 0.717) is 12.6 Å². The van der Waals surface area contributed by atoms with Crippen molar-refractivity contribution in [2.75, 3.05) is 6.54 Å². The zero-order chi connectivity index (χ0) is 15.5. The van der Waals surface area contributed by atoms with Gasteiger partial charge in [0.25, 0.3) is 5.91 Å². The van der Waals surface area contributed by atoms with Crippen LogP contribution in [0.4, 0.5) is 0 Å². The van der Waals surface area contributed by atoms with Crippen molar-refractivity contribution in [1.29, 1.82) is 0 Å². The van der Waals surface area contributed by atoms with Crippen molar-refractivity contribution in [1.82, 2.24) is 5.01 Å². The van der Waals surface area contributed by atoms with Gasteiger partial charge in [-0.25, -0.2) is 5.01 Å². The van der Waals surface area contributed by atoms with E-state index in [1.807, 2.05) is 5.01 Å². The van der Waals surface area contributed by atoms with Gasteiger partial charge < -0.3 is 5.73 Å². The fraction of sp³-hybridized carbons (Fsp3) is 0.882. The van der Waals surface area contributed by atoms with Crippen LogP contribution in [0, 0.1) is 11.3 Å². The van der Waals surface area contributed by atoms with E-state index < -0.39 is 0 Å². The van der Waals surface area contributed by atoms with Crippen LogP contribution in [0.3, 0.4) is 0 Å². The Hall–Kier alpha value is -0.900. The minimum atomic E-state index is -0.0472. The Bertz CT molecular complexity index is 389. The van der Waals surface area contributed by atoms with Crippen molar-refractivity contribution in [3.63, 3.8) is 0 Å². The Morgan fingerprint density at radius 1 is 1.19 bits per heavy atom. The average Bonchev–Trinajstić information content (AvgIpc) is 2.62. The summed E-state index contributed by atoms with van der Waals surface area (Å²) in [4.78, 5) is 12.9. The van der Waals surface area contributed by atoms with E-state index in [2.05, 4.69) is 20.8 Å². The second-order valence-corrected chi connectivity index (χ2v) is 7.55. The SMILES string of the molecule is CC(C)(C)C1=NN(C2CCCCCC2)C(=O)C1CCCN. The minimum absolute atomic E-state index is 0.0446. The molecule has 2 rings (SSSR count). The topological polar surface area (TPSA) is 58.7 Å². The normalized spacial score (nSPS) is 25.1.